The molecule has 0 unspecified atom stereocenters. The maximum Gasteiger partial charge on any atom is 0.427 e. The summed E-state index contributed by atoms with van der Waals surface area (Å²) in [5.74, 6) is 4.65. The number of ketones is 1. The number of carbonyl (C=O) groups is 3. The molecule has 0 fully saturated rings. The van der Waals surface area contributed by atoms with Crippen LogP contribution in [-0.4, -0.2) is 44.8 Å². The van der Waals surface area contributed by atoms with Crippen molar-refractivity contribution in [2.75, 3.05) is 13.2 Å². The van der Waals surface area contributed by atoms with E-state index in [1.54, 1.807) is 46.2 Å². The molecule has 0 saturated heterocycles. The molecule has 47 heavy (non-hydrogen) atoms. The second-order valence-corrected chi connectivity index (χ2v) is 12.6. The SMILES string of the molecule is CC(=O)c1cccc(Cn2sc(Cl)cc2=O)c1.CCOC(=O)N/N=C(\C)c1cccc(Cn2sc(Cl)cc2=O)c1.CCOC(=O)NN. The number of rotatable bonds is 9. The minimum absolute atomic E-state index is 0.0170. The van der Waals surface area contributed by atoms with Crippen LogP contribution >= 0.6 is 46.3 Å². The summed E-state index contributed by atoms with van der Waals surface area (Å²) < 4.78 is 13.1. The molecule has 0 spiro atoms. The summed E-state index contributed by atoms with van der Waals surface area (Å²) in [5, 5.41) is 3.99. The summed E-state index contributed by atoms with van der Waals surface area (Å²) in [6.07, 6.45) is -1.19. The van der Waals surface area contributed by atoms with Crippen LogP contribution in [0.4, 0.5) is 9.59 Å². The van der Waals surface area contributed by atoms with Gasteiger partial charge in [-0.05, 0) is 79.6 Å². The zero-order valence-corrected chi connectivity index (χ0v) is 29.1. The average Bonchev–Trinajstić information content (AvgIpc) is 3.53. The van der Waals surface area contributed by atoms with E-state index < -0.39 is 12.2 Å². The quantitative estimate of drug-likeness (QED) is 0.0666. The van der Waals surface area contributed by atoms with Gasteiger partial charge in [-0.15, -0.1) is 0 Å². The van der Waals surface area contributed by atoms with Crippen molar-refractivity contribution in [3.8, 4) is 0 Å². The summed E-state index contributed by atoms with van der Waals surface area (Å²) >= 11 is 14.0. The number of hydrogen-bond donors (Lipinski definition) is 3. The first-order valence-corrected chi connectivity index (χ1v) is 16.2. The maximum atomic E-state index is 11.7. The van der Waals surface area contributed by atoms with Crippen LogP contribution in [0, 0.1) is 0 Å². The molecule has 0 saturated carbocycles. The van der Waals surface area contributed by atoms with E-state index in [0.717, 1.165) is 16.7 Å². The monoisotopic (exact) mass is 724 g/mol. The molecule has 4 rings (SSSR count). The van der Waals surface area contributed by atoms with E-state index in [1.165, 1.54) is 42.1 Å². The third kappa shape index (κ3) is 13.9. The van der Waals surface area contributed by atoms with Gasteiger partial charge in [0.1, 0.15) is 8.67 Å². The molecule has 17 heteroatoms. The van der Waals surface area contributed by atoms with Gasteiger partial charge in [-0.25, -0.2) is 20.9 Å². The number of hydrazine groups is 1. The maximum absolute atomic E-state index is 11.7. The van der Waals surface area contributed by atoms with E-state index in [2.05, 4.69) is 21.1 Å². The molecule has 0 aliphatic carbocycles. The minimum Gasteiger partial charge on any atom is -0.449 e. The molecule has 0 radical (unpaired) electrons. The number of carbonyl (C=O) groups excluding carboxylic acids is 3. The van der Waals surface area contributed by atoms with E-state index in [-0.39, 0.29) is 23.5 Å². The van der Waals surface area contributed by atoms with Gasteiger partial charge in [0, 0.05) is 17.7 Å². The first-order valence-electron chi connectivity index (χ1n) is 13.9. The van der Waals surface area contributed by atoms with E-state index >= 15 is 0 Å². The van der Waals surface area contributed by atoms with E-state index in [4.69, 9.17) is 27.9 Å². The number of hydrazone groups is 1. The lowest BCUT2D eigenvalue weighted by atomic mass is 10.1. The van der Waals surface area contributed by atoms with Crippen LogP contribution in [0.2, 0.25) is 8.67 Å². The van der Waals surface area contributed by atoms with E-state index in [0.29, 0.717) is 39.6 Å². The van der Waals surface area contributed by atoms with Gasteiger partial charge < -0.3 is 9.47 Å². The van der Waals surface area contributed by atoms with E-state index in [9.17, 15) is 24.0 Å². The van der Waals surface area contributed by atoms with Crippen LogP contribution in [0.25, 0.3) is 0 Å². The number of ether oxygens (including phenoxy) is 2. The minimum atomic E-state index is -0.595. The van der Waals surface area contributed by atoms with Gasteiger partial charge in [-0.2, -0.15) is 5.10 Å². The summed E-state index contributed by atoms with van der Waals surface area (Å²) in [6.45, 7) is 8.23. The molecular formula is C30H34Cl2N6O7S2. The number of halogens is 2. The standard InChI is InChI=1S/C15H16ClN3O3S.C12H10ClNO2S.C3H8N2O2/c1-3-22-15(21)18-17-10(2)12-6-4-5-11(7-12)9-19-14(20)8-13(16)23-19;1-8(15)10-4-2-3-9(5-10)7-14-12(16)6-11(13)17-14;1-2-7-3(6)5-4/h4-8H,3,9H2,1-2H3,(H,18,21);2-6H,7H2,1H3;2,4H2,1H3,(H,5,6)/b17-10+;;. The fourth-order valence-corrected chi connectivity index (χ4v) is 5.68. The average molecular weight is 726 g/mol. The summed E-state index contributed by atoms with van der Waals surface area (Å²) in [4.78, 5) is 55.6. The molecule has 2 heterocycles. The topological polar surface area (TPSA) is 176 Å². The largest absolute Gasteiger partial charge is 0.449 e. The fourth-order valence-electron chi connectivity index (χ4n) is 3.56. The van der Waals surface area contributed by atoms with Crippen LogP contribution < -0.4 is 27.8 Å². The number of nitrogens with one attached hydrogen (secondary N) is 2. The lowest BCUT2D eigenvalue weighted by Crippen LogP contribution is -2.30. The van der Waals surface area contributed by atoms with Gasteiger partial charge in [0.05, 0.1) is 32.0 Å². The predicted molar refractivity (Wildman–Crippen MR) is 185 cm³/mol. The second-order valence-electron chi connectivity index (χ2n) is 9.18. The molecule has 2 amide bonds. The van der Waals surface area contributed by atoms with Gasteiger partial charge in [0.15, 0.2) is 5.78 Å². The van der Waals surface area contributed by atoms with Crippen molar-refractivity contribution >= 4 is 69.9 Å². The van der Waals surface area contributed by atoms with Gasteiger partial charge in [0.2, 0.25) is 0 Å². The Hall–Kier alpha value is -4.28. The van der Waals surface area contributed by atoms with Crippen LogP contribution in [0.1, 0.15) is 54.7 Å². The Kier molecular flexibility index (Phi) is 16.6. The third-order valence-electron chi connectivity index (χ3n) is 5.67. The number of amides is 2. The fraction of sp³-hybridized carbons (Fsp3) is 0.267. The first kappa shape index (κ1) is 38.9. The Morgan fingerprint density at radius 2 is 1.26 bits per heavy atom. The molecule has 0 atom stereocenters. The highest BCUT2D eigenvalue weighted by Gasteiger charge is 2.07. The van der Waals surface area contributed by atoms with Crippen molar-refractivity contribution in [3.05, 3.63) is 112 Å². The van der Waals surface area contributed by atoms with Crippen molar-refractivity contribution < 1.29 is 23.9 Å². The predicted octanol–water partition coefficient (Wildman–Crippen LogP) is 5.50. The van der Waals surface area contributed by atoms with Gasteiger partial charge >= 0.3 is 12.2 Å². The Morgan fingerprint density at radius 1 is 0.787 bits per heavy atom. The van der Waals surface area contributed by atoms with Crippen LogP contribution in [0.3, 0.4) is 0 Å². The highest BCUT2D eigenvalue weighted by atomic mass is 35.5. The van der Waals surface area contributed by atoms with Crippen molar-refractivity contribution in [2.24, 2.45) is 10.9 Å². The van der Waals surface area contributed by atoms with Gasteiger partial charge in [-0.1, -0.05) is 59.6 Å². The molecule has 4 N–H and O–H groups in total. The summed E-state index contributed by atoms with van der Waals surface area (Å²) in [6, 6.07) is 17.6. The Labute approximate surface area is 288 Å². The van der Waals surface area contributed by atoms with Gasteiger partial charge in [-0.3, -0.25) is 27.7 Å². The molecule has 13 nitrogen and oxygen atoms in total. The normalized spacial score (nSPS) is 10.5. The zero-order chi connectivity index (χ0) is 34.9. The molecule has 0 aliphatic heterocycles. The lowest BCUT2D eigenvalue weighted by molar-refractivity contribution is 0.101. The number of nitrogens with two attached hydrogens (primary N) is 1. The number of Topliss-reactive ketones (excluding diaryl/α,β-unsaturated/α-hetero) is 1. The Balaban J connectivity index is 0.000000280. The Bertz CT molecular complexity index is 1800. The molecule has 252 valence electrons. The summed E-state index contributed by atoms with van der Waals surface area (Å²) in [7, 11) is 0. The lowest BCUT2D eigenvalue weighted by Gasteiger charge is -2.06. The second kappa shape index (κ2) is 20.1. The third-order valence-corrected chi connectivity index (χ3v) is 7.95. The van der Waals surface area contributed by atoms with Crippen molar-refractivity contribution in [3.63, 3.8) is 0 Å². The smallest absolute Gasteiger partial charge is 0.427 e. The highest BCUT2D eigenvalue weighted by molar-refractivity contribution is 7.11. The number of nitrogens with zero attached hydrogens (tertiary/aromatic N) is 3. The molecular weight excluding hydrogens is 691 g/mol. The molecule has 2 aromatic heterocycles. The van der Waals surface area contributed by atoms with Crippen molar-refractivity contribution in [1.82, 2.24) is 18.8 Å². The van der Waals surface area contributed by atoms with Crippen molar-refractivity contribution in [1.29, 1.82) is 0 Å². The first-order chi connectivity index (χ1) is 22.4. The van der Waals surface area contributed by atoms with Crippen LogP contribution in [0.5, 0.6) is 0 Å². The Morgan fingerprint density at radius 3 is 1.66 bits per heavy atom. The number of hydrogen-bond acceptors (Lipinski definition) is 11. The number of benzene rings is 2. The van der Waals surface area contributed by atoms with Crippen LogP contribution in [-0.2, 0) is 22.6 Å². The van der Waals surface area contributed by atoms with Crippen LogP contribution in [0.15, 0.2) is 75.4 Å². The molecule has 2 aromatic carbocycles. The van der Waals surface area contributed by atoms with Crippen molar-refractivity contribution in [2.45, 2.75) is 40.8 Å². The number of aromatic nitrogens is 2. The van der Waals surface area contributed by atoms with Gasteiger partial charge in [0.25, 0.3) is 11.1 Å². The highest BCUT2D eigenvalue weighted by Crippen LogP contribution is 2.16. The summed E-state index contributed by atoms with van der Waals surface area (Å²) in [5.41, 5.74) is 7.86. The molecule has 0 bridgehead atoms. The van der Waals surface area contributed by atoms with E-state index in [1.807, 2.05) is 36.4 Å². The molecule has 4 aromatic rings. The molecule has 0 aliphatic rings. The zero-order valence-electron chi connectivity index (χ0n) is 26.0.